The number of carboxylic acids is 1. The Hall–Kier alpha value is -2.02. The van der Waals surface area contributed by atoms with Gasteiger partial charge >= 0.3 is 5.97 Å². The van der Waals surface area contributed by atoms with Crippen molar-refractivity contribution in [2.75, 3.05) is 7.11 Å². The van der Waals surface area contributed by atoms with Gasteiger partial charge in [-0.15, -0.1) is 0 Å². The molecule has 2 rings (SSSR count). The Morgan fingerprint density at radius 3 is 2.78 bits per heavy atom. The fourth-order valence-corrected chi connectivity index (χ4v) is 1.92. The third kappa shape index (κ3) is 2.04. The number of aromatic nitrogens is 1. The van der Waals surface area contributed by atoms with Gasteiger partial charge in [-0.05, 0) is 28.1 Å². The molecule has 0 atom stereocenters. The molecule has 0 radical (unpaired) electrons. The van der Waals surface area contributed by atoms with E-state index in [1.807, 2.05) is 0 Å². The van der Waals surface area contributed by atoms with Crippen LogP contribution in [-0.4, -0.2) is 28.4 Å². The molecule has 0 amide bonds. The van der Waals surface area contributed by atoms with Crippen LogP contribution in [0, 0.1) is 0 Å². The van der Waals surface area contributed by atoms with E-state index in [0.717, 1.165) is 0 Å². The summed E-state index contributed by atoms with van der Waals surface area (Å²) < 4.78 is 10.5. The summed E-state index contributed by atoms with van der Waals surface area (Å²) in [5, 5.41) is 22.1. The summed E-state index contributed by atoms with van der Waals surface area (Å²) in [7, 11) is 1.41. The summed E-state index contributed by atoms with van der Waals surface area (Å²) in [4.78, 5) is 10.7. The third-order valence-electron chi connectivity index (χ3n) is 2.28. The number of rotatable bonds is 3. The second-order valence-electron chi connectivity index (χ2n) is 3.36. The molecule has 0 spiro atoms. The van der Waals surface area contributed by atoms with Gasteiger partial charge in [-0.2, -0.15) is 0 Å². The Labute approximate surface area is 110 Å². The number of ether oxygens (including phenoxy) is 1. The molecule has 1 aromatic heterocycles. The molecule has 0 aliphatic heterocycles. The molecule has 0 bridgehead atoms. The van der Waals surface area contributed by atoms with Crippen molar-refractivity contribution in [2.24, 2.45) is 0 Å². The quantitative estimate of drug-likeness (QED) is 0.904. The number of carboxylic acid groups (broad SMARTS) is 1. The van der Waals surface area contributed by atoms with Crippen LogP contribution in [-0.2, 0) is 0 Å². The highest BCUT2D eigenvalue weighted by molar-refractivity contribution is 9.10. The Bertz CT molecular complexity index is 607. The van der Waals surface area contributed by atoms with E-state index in [0.29, 0.717) is 10.0 Å². The smallest absolute Gasteiger partial charge is 0.358 e. The van der Waals surface area contributed by atoms with E-state index in [1.54, 1.807) is 12.1 Å². The minimum Gasteiger partial charge on any atom is -0.504 e. The van der Waals surface area contributed by atoms with Crippen molar-refractivity contribution in [1.29, 1.82) is 0 Å². The number of benzene rings is 1. The summed E-state index contributed by atoms with van der Waals surface area (Å²) in [5.74, 6) is -0.968. The van der Waals surface area contributed by atoms with Crippen LogP contribution >= 0.6 is 15.9 Å². The first kappa shape index (κ1) is 12.4. The molecule has 0 aliphatic carbocycles. The Morgan fingerprint density at radius 1 is 1.50 bits per heavy atom. The number of halogens is 1. The molecule has 18 heavy (non-hydrogen) atoms. The predicted octanol–water partition coefficient (Wildman–Crippen LogP) is 2.52. The first-order chi connectivity index (χ1) is 8.54. The summed E-state index contributed by atoms with van der Waals surface area (Å²) in [6, 6.07) is 4.44. The number of aromatic hydroxyl groups is 1. The number of hydrogen-bond acceptors (Lipinski definition) is 5. The first-order valence-electron chi connectivity index (χ1n) is 4.80. The fourth-order valence-electron chi connectivity index (χ4n) is 1.44. The van der Waals surface area contributed by atoms with E-state index in [9.17, 15) is 9.90 Å². The molecule has 0 fully saturated rings. The molecule has 2 N–H and O–H groups in total. The van der Waals surface area contributed by atoms with Gasteiger partial charge in [0, 0.05) is 6.07 Å². The van der Waals surface area contributed by atoms with E-state index in [4.69, 9.17) is 14.4 Å². The second kappa shape index (κ2) is 4.69. The van der Waals surface area contributed by atoms with Crippen LogP contribution in [0.15, 0.2) is 27.2 Å². The molecular formula is C11H8BrNO5. The Kier molecular flexibility index (Phi) is 3.24. The van der Waals surface area contributed by atoms with E-state index in [2.05, 4.69) is 21.1 Å². The van der Waals surface area contributed by atoms with Crippen LogP contribution in [0.2, 0.25) is 0 Å². The van der Waals surface area contributed by atoms with Gasteiger partial charge in [0.05, 0.1) is 17.1 Å². The minimum atomic E-state index is -1.20. The normalized spacial score (nSPS) is 10.3. The van der Waals surface area contributed by atoms with Gasteiger partial charge in [0.1, 0.15) is 0 Å². The molecule has 1 heterocycles. The van der Waals surface area contributed by atoms with Crippen molar-refractivity contribution in [3.8, 4) is 22.8 Å². The molecule has 2 aromatic rings. The molecule has 1 aromatic carbocycles. The SMILES string of the molecule is COc1c(Br)ccc(-c2cc(C(=O)O)no2)c1O. The van der Waals surface area contributed by atoms with Crippen LogP contribution < -0.4 is 4.74 Å². The van der Waals surface area contributed by atoms with Gasteiger partial charge in [0.15, 0.2) is 23.0 Å². The molecule has 94 valence electrons. The molecule has 0 saturated carbocycles. The van der Waals surface area contributed by atoms with Crippen molar-refractivity contribution in [2.45, 2.75) is 0 Å². The average molecular weight is 314 g/mol. The Balaban J connectivity index is 2.53. The topological polar surface area (TPSA) is 92.8 Å². The van der Waals surface area contributed by atoms with Crippen molar-refractivity contribution in [1.82, 2.24) is 5.16 Å². The van der Waals surface area contributed by atoms with Crippen LogP contribution in [0.1, 0.15) is 10.5 Å². The largest absolute Gasteiger partial charge is 0.504 e. The average Bonchev–Trinajstić information content (AvgIpc) is 2.79. The lowest BCUT2D eigenvalue weighted by molar-refractivity contribution is 0.0686. The first-order valence-corrected chi connectivity index (χ1v) is 5.59. The van der Waals surface area contributed by atoms with Crippen LogP contribution in [0.25, 0.3) is 11.3 Å². The summed E-state index contributed by atoms with van der Waals surface area (Å²) in [6.07, 6.45) is 0. The number of carbonyl (C=O) groups is 1. The number of methoxy groups -OCH3 is 1. The predicted molar refractivity (Wildman–Crippen MR) is 64.8 cm³/mol. The van der Waals surface area contributed by atoms with Crippen LogP contribution in [0.4, 0.5) is 0 Å². The number of phenolic OH excluding ortho intramolecular Hbond substituents is 1. The maximum absolute atomic E-state index is 10.7. The standard InChI is InChI=1S/C11H8BrNO5/c1-17-10-6(12)3-2-5(9(10)14)8-4-7(11(15)16)13-18-8/h2-4,14H,1H3,(H,15,16). The van der Waals surface area contributed by atoms with E-state index >= 15 is 0 Å². The van der Waals surface area contributed by atoms with Gasteiger partial charge in [0.2, 0.25) is 0 Å². The van der Waals surface area contributed by atoms with Gasteiger partial charge in [-0.25, -0.2) is 4.79 Å². The van der Waals surface area contributed by atoms with E-state index in [1.165, 1.54) is 13.2 Å². The van der Waals surface area contributed by atoms with Gasteiger partial charge in [-0.1, -0.05) is 5.16 Å². The number of nitrogens with zero attached hydrogens (tertiary/aromatic N) is 1. The van der Waals surface area contributed by atoms with Crippen molar-refractivity contribution in [3.63, 3.8) is 0 Å². The Morgan fingerprint density at radius 2 is 2.22 bits per heavy atom. The van der Waals surface area contributed by atoms with Crippen LogP contribution in [0.5, 0.6) is 11.5 Å². The zero-order chi connectivity index (χ0) is 13.3. The molecule has 0 saturated heterocycles. The van der Waals surface area contributed by atoms with Crippen LogP contribution in [0.3, 0.4) is 0 Å². The zero-order valence-corrected chi connectivity index (χ0v) is 10.8. The molecule has 0 aliphatic rings. The highest BCUT2D eigenvalue weighted by Crippen LogP contribution is 2.41. The maximum atomic E-state index is 10.7. The zero-order valence-electron chi connectivity index (χ0n) is 9.18. The van der Waals surface area contributed by atoms with Crippen molar-refractivity contribution >= 4 is 21.9 Å². The van der Waals surface area contributed by atoms with Gasteiger partial charge in [-0.3, -0.25) is 0 Å². The maximum Gasteiger partial charge on any atom is 0.358 e. The lowest BCUT2D eigenvalue weighted by atomic mass is 10.1. The lowest BCUT2D eigenvalue weighted by Crippen LogP contribution is -1.94. The van der Waals surface area contributed by atoms with E-state index in [-0.39, 0.29) is 23.0 Å². The number of aromatic carboxylic acids is 1. The summed E-state index contributed by atoms with van der Waals surface area (Å²) in [5.41, 5.74) is 0.0707. The van der Waals surface area contributed by atoms with Gasteiger partial charge < -0.3 is 19.5 Å². The van der Waals surface area contributed by atoms with E-state index < -0.39 is 5.97 Å². The monoisotopic (exact) mass is 313 g/mol. The number of hydrogen-bond donors (Lipinski definition) is 2. The number of phenols is 1. The highest BCUT2D eigenvalue weighted by atomic mass is 79.9. The third-order valence-corrected chi connectivity index (χ3v) is 2.91. The van der Waals surface area contributed by atoms with Gasteiger partial charge in [0.25, 0.3) is 0 Å². The summed E-state index contributed by atoms with van der Waals surface area (Å²) >= 11 is 3.22. The second-order valence-corrected chi connectivity index (χ2v) is 4.21. The molecule has 0 unspecified atom stereocenters. The minimum absolute atomic E-state index is 0.149. The molecular weight excluding hydrogens is 306 g/mol. The highest BCUT2D eigenvalue weighted by Gasteiger charge is 2.18. The molecule has 6 nitrogen and oxygen atoms in total. The molecule has 7 heteroatoms. The van der Waals surface area contributed by atoms with Crippen molar-refractivity contribution in [3.05, 3.63) is 28.4 Å². The fraction of sp³-hybridized carbons (Fsp3) is 0.0909. The lowest BCUT2D eigenvalue weighted by Gasteiger charge is -2.08. The summed E-state index contributed by atoms with van der Waals surface area (Å²) in [6.45, 7) is 0. The van der Waals surface area contributed by atoms with Crippen molar-refractivity contribution < 1.29 is 24.3 Å².